The third kappa shape index (κ3) is 3.40. The van der Waals surface area contributed by atoms with Gasteiger partial charge < -0.3 is 4.90 Å². The van der Waals surface area contributed by atoms with E-state index in [1.807, 2.05) is 0 Å². The first-order chi connectivity index (χ1) is 6.36. The second-order valence-electron chi connectivity index (χ2n) is 4.58. The number of nitrogens with zero attached hydrogens (tertiary/aromatic N) is 1. The first kappa shape index (κ1) is 13.6. The van der Waals surface area contributed by atoms with Crippen LogP contribution < -0.4 is 11.3 Å². The van der Waals surface area contributed by atoms with Gasteiger partial charge >= 0.3 is 0 Å². The summed E-state index contributed by atoms with van der Waals surface area (Å²) in [5.41, 5.74) is 4.16. The lowest BCUT2D eigenvalue weighted by molar-refractivity contribution is 0.137. The molecule has 0 radical (unpaired) electrons. The molecule has 0 fully saturated rings. The molecule has 0 rings (SSSR count). The number of hydrazine groups is 1. The maximum Gasteiger partial charge on any atom is 0.0426 e. The maximum atomic E-state index is 5.58. The molecule has 3 N–H and O–H groups in total. The highest BCUT2D eigenvalue weighted by Gasteiger charge is 2.30. The van der Waals surface area contributed by atoms with E-state index in [1.165, 1.54) is 5.57 Å². The van der Waals surface area contributed by atoms with Crippen LogP contribution in [-0.2, 0) is 0 Å². The number of hydrogen-bond acceptors (Lipinski definition) is 3. The SMILES string of the molecule is C=C(CC)CC(NN)C(C)(C)N(C)C. The summed E-state index contributed by atoms with van der Waals surface area (Å²) in [6.07, 6.45) is 1.94. The van der Waals surface area contributed by atoms with Crippen LogP contribution in [0.15, 0.2) is 12.2 Å². The molecule has 3 nitrogen and oxygen atoms in total. The number of nitrogens with two attached hydrogens (primary N) is 1. The van der Waals surface area contributed by atoms with Gasteiger partial charge in [-0.05, 0) is 40.8 Å². The zero-order valence-electron chi connectivity index (χ0n) is 10.2. The molecule has 0 bridgehead atoms. The molecule has 0 aromatic carbocycles. The molecule has 3 heteroatoms. The molecule has 0 saturated carbocycles. The van der Waals surface area contributed by atoms with E-state index >= 15 is 0 Å². The fourth-order valence-electron chi connectivity index (χ4n) is 1.26. The van der Waals surface area contributed by atoms with E-state index in [4.69, 9.17) is 5.84 Å². The van der Waals surface area contributed by atoms with Crippen LogP contribution in [0, 0.1) is 0 Å². The molecule has 0 spiro atoms. The highest BCUT2D eigenvalue weighted by atomic mass is 15.3. The van der Waals surface area contributed by atoms with Crippen LogP contribution in [0.2, 0.25) is 0 Å². The Hall–Kier alpha value is -0.380. The van der Waals surface area contributed by atoms with Gasteiger partial charge in [-0.2, -0.15) is 0 Å². The van der Waals surface area contributed by atoms with E-state index in [0.29, 0.717) is 0 Å². The van der Waals surface area contributed by atoms with Crippen LogP contribution in [-0.4, -0.2) is 30.6 Å². The fourth-order valence-corrected chi connectivity index (χ4v) is 1.26. The quantitative estimate of drug-likeness (QED) is 0.387. The first-order valence-corrected chi connectivity index (χ1v) is 5.16. The molecule has 1 atom stereocenters. The third-order valence-corrected chi connectivity index (χ3v) is 3.20. The molecule has 0 aliphatic rings. The molecule has 0 saturated heterocycles. The summed E-state index contributed by atoms with van der Waals surface area (Å²) in [5, 5.41) is 0. The van der Waals surface area contributed by atoms with E-state index in [9.17, 15) is 0 Å². The lowest BCUT2D eigenvalue weighted by Crippen LogP contribution is -2.57. The summed E-state index contributed by atoms with van der Waals surface area (Å²) in [6, 6.07) is 0.241. The van der Waals surface area contributed by atoms with E-state index in [2.05, 4.69) is 51.8 Å². The fraction of sp³-hybridized carbons (Fsp3) is 0.818. The van der Waals surface area contributed by atoms with Crippen LogP contribution >= 0.6 is 0 Å². The van der Waals surface area contributed by atoms with Gasteiger partial charge in [-0.15, -0.1) is 0 Å². The van der Waals surface area contributed by atoms with Crippen molar-refractivity contribution < 1.29 is 0 Å². The van der Waals surface area contributed by atoms with Crippen molar-refractivity contribution in [3.05, 3.63) is 12.2 Å². The minimum absolute atomic E-state index is 0.0346. The molecule has 1 unspecified atom stereocenters. The number of rotatable bonds is 6. The molecule has 0 aliphatic carbocycles. The van der Waals surface area contributed by atoms with Gasteiger partial charge in [0.15, 0.2) is 0 Å². The Bertz CT molecular complexity index is 185. The summed E-state index contributed by atoms with van der Waals surface area (Å²) in [7, 11) is 4.14. The Morgan fingerprint density at radius 2 is 2.00 bits per heavy atom. The first-order valence-electron chi connectivity index (χ1n) is 5.16. The molecular weight excluding hydrogens is 174 g/mol. The predicted octanol–water partition coefficient (Wildman–Crippen LogP) is 1.51. The lowest BCUT2D eigenvalue weighted by Gasteiger charge is -2.40. The van der Waals surface area contributed by atoms with Gasteiger partial charge in [0.05, 0.1) is 0 Å². The van der Waals surface area contributed by atoms with Crippen LogP contribution in [0.1, 0.15) is 33.6 Å². The highest BCUT2D eigenvalue weighted by molar-refractivity contribution is 5.02. The van der Waals surface area contributed by atoms with Gasteiger partial charge in [0.1, 0.15) is 0 Å². The monoisotopic (exact) mass is 199 g/mol. The average Bonchev–Trinajstić information content (AvgIpc) is 2.12. The second kappa shape index (κ2) is 5.49. The van der Waals surface area contributed by atoms with Crippen molar-refractivity contribution in [1.82, 2.24) is 10.3 Å². The topological polar surface area (TPSA) is 41.3 Å². The van der Waals surface area contributed by atoms with Gasteiger partial charge in [-0.3, -0.25) is 11.3 Å². The van der Waals surface area contributed by atoms with Gasteiger partial charge in [-0.25, -0.2) is 0 Å². The molecular formula is C11H25N3. The number of nitrogens with one attached hydrogen (secondary N) is 1. The molecule has 0 aromatic rings. The van der Waals surface area contributed by atoms with Crippen molar-refractivity contribution in [2.24, 2.45) is 5.84 Å². The summed E-state index contributed by atoms with van der Waals surface area (Å²) in [6.45, 7) is 10.5. The van der Waals surface area contributed by atoms with Crippen molar-refractivity contribution in [3.63, 3.8) is 0 Å². The zero-order chi connectivity index (χ0) is 11.4. The van der Waals surface area contributed by atoms with Gasteiger partial charge in [0.25, 0.3) is 0 Å². The predicted molar refractivity (Wildman–Crippen MR) is 62.9 cm³/mol. The molecule has 0 aliphatic heterocycles. The molecule has 14 heavy (non-hydrogen) atoms. The van der Waals surface area contributed by atoms with Crippen molar-refractivity contribution in [2.45, 2.75) is 45.2 Å². The van der Waals surface area contributed by atoms with Crippen LogP contribution in [0.3, 0.4) is 0 Å². The van der Waals surface area contributed by atoms with Crippen molar-refractivity contribution in [3.8, 4) is 0 Å². The van der Waals surface area contributed by atoms with Crippen molar-refractivity contribution >= 4 is 0 Å². The Morgan fingerprint density at radius 1 is 1.50 bits per heavy atom. The third-order valence-electron chi connectivity index (χ3n) is 3.20. The summed E-state index contributed by atoms with van der Waals surface area (Å²) in [5.74, 6) is 5.58. The largest absolute Gasteiger partial charge is 0.303 e. The lowest BCUT2D eigenvalue weighted by atomic mass is 9.88. The average molecular weight is 199 g/mol. The van der Waals surface area contributed by atoms with Crippen LogP contribution in [0.5, 0.6) is 0 Å². The van der Waals surface area contributed by atoms with E-state index in [-0.39, 0.29) is 11.6 Å². The minimum Gasteiger partial charge on any atom is -0.303 e. The summed E-state index contributed by atoms with van der Waals surface area (Å²) >= 11 is 0. The minimum atomic E-state index is 0.0346. The van der Waals surface area contributed by atoms with Crippen molar-refractivity contribution in [1.29, 1.82) is 0 Å². The Morgan fingerprint density at radius 3 is 2.29 bits per heavy atom. The second-order valence-corrected chi connectivity index (χ2v) is 4.58. The highest BCUT2D eigenvalue weighted by Crippen LogP contribution is 2.21. The zero-order valence-corrected chi connectivity index (χ0v) is 10.2. The Labute approximate surface area is 88.3 Å². The normalized spacial score (nSPS) is 14.5. The van der Waals surface area contributed by atoms with Crippen molar-refractivity contribution in [2.75, 3.05) is 14.1 Å². The smallest absolute Gasteiger partial charge is 0.0426 e. The van der Waals surface area contributed by atoms with Crippen LogP contribution in [0.25, 0.3) is 0 Å². The van der Waals surface area contributed by atoms with E-state index in [0.717, 1.165) is 12.8 Å². The Kier molecular flexibility index (Phi) is 5.34. The summed E-state index contributed by atoms with van der Waals surface area (Å²) < 4.78 is 0. The van der Waals surface area contributed by atoms with Gasteiger partial charge in [0.2, 0.25) is 0 Å². The van der Waals surface area contributed by atoms with E-state index < -0.39 is 0 Å². The number of likely N-dealkylation sites (N-methyl/N-ethyl adjacent to an activating group) is 1. The molecule has 0 amide bonds. The molecule has 84 valence electrons. The standard InChI is InChI=1S/C11H25N3/c1-7-9(2)8-10(13-12)11(3,4)14(5)6/h10,13H,2,7-8,12H2,1,3-6H3. The van der Waals surface area contributed by atoms with Crippen LogP contribution in [0.4, 0.5) is 0 Å². The molecule has 0 heterocycles. The van der Waals surface area contributed by atoms with Gasteiger partial charge in [-0.1, -0.05) is 19.1 Å². The number of hydrogen-bond donors (Lipinski definition) is 2. The Balaban J connectivity index is 4.47. The maximum absolute atomic E-state index is 5.58. The molecule has 0 aromatic heterocycles. The van der Waals surface area contributed by atoms with Gasteiger partial charge in [0, 0.05) is 11.6 Å². The van der Waals surface area contributed by atoms with E-state index in [1.54, 1.807) is 0 Å². The summed E-state index contributed by atoms with van der Waals surface area (Å²) in [4.78, 5) is 2.18.